The quantitative estimate of drug-likeness (QED) is 0.813. The molecule has 0 aromatic carbocycles. The van der Waals surface area contributed by atoms with Crippen molar-refractivity contribution in [2.45, 2.75) is 78.0 Å². The number of nitrogens with one attached hydrogen (secondary N) is 1. The maximum absolute atomic E-state index is 12.6. The van der Waals surface area contributed by atoms with Crippen LogP contribution in [0.4, 0.5) is 0 Å². The Bertz CT molecular complexity index is 945. The van der Waals surface area contributed by atoms with Gasteiger partial charge in [-0.05, 0) is 59.9 Å². The predicted molar refractivity (Wildman–Crippen MR) is 105 cm³/mol. The molecular formula is C20H29N5O3. The number of hydrogen-bond donors (Lipinski definition) is 2. The van der Waals surface area contributed by atoms with E-state index in [1.807, 2.05) is 41.5 Å². The second kappa shape index (κ2) is 6.84. The zero-order valence-electron chi connectivity index (χ0n) is 17.4. The first-order chi connectivity index (χ1) is 12.9. The monoisotopic (exact) mass is 387 g/mol. The molecule has 0 radical (unpaired) electrons. The molecule has 1 fully saturated rings. The molecule has 1 aliphatic rings. The third-order valence-electron chi connectivity index (χ3n) is 5.49. The highest BCUT2D eigenvalue weighted by atomic mass is 16.5. The molecule has 1 saturated heterocycles. The van der Waals surface area contributed by atoms with Gasteiger partial charge < -0.3 is 15.8 Å². The standard InChI is InChI=1S/C20H29N5O3/c1-11-13(12(2)25-18(23-11)14(10-22-25)17(21)27)7-8-16(26)24-15-9-19(3,4)28-20(15,5)6/h10,15H,7-9H2,1-6H3,(H2,21,27)(H,24,26). The van der Waals surface area contributed by atoms with Crippen LogP contribution in [0.15, 0.2) is 6.20 Å². The van der Waals surface area contributed by atoms with Crippen molar-refractivity contribution in [3.8, 4) is 0 Å². The van der Waals surface area contributed by atoms with Gasteiger partial charge in [-0.1, -0.05) is 0 Å². The molecule has 3 N–H and O–H groups in total. The summed E-state index contributed by atoms with van der Waals surface area (Å²) < 4.78 is 7.65. The highest BCUT2D eigenvalue weighted by Gasteiger charge is 2.46. The average Bonchev–Trinajstić information content (AvgIpc) is 3.04. The van der Waals surface area contributed by atoms with Crippen LogP contribution in [0.2, 0.25) is 0 Å². The van der Waals surface area contributed by atoms with Gasteiger partial charge in [0, 0.05) is 17.8 Å². The first-order valence-corrected chi connectivity index (χ1v) is 9.54. The maximum atomic E-state index is 12.6. The van der Waals surface area contributed by atoms with Crippen LogP contribution in [-0.4, -0.2) is 43.7 Å². The smallest absolute Gasteiger partial charge is 0.254 e. The molecule has 1 atom stereocenters. The van der Waals surface area contributed by atoms with Crippen molar-refractivity contribution in [1.29, 1.82) is 0 Å². The molecule has 152 valence electrons. The molecule has 0 bridgehead atoms. The van der Waals surface area contributed by atoms with Crippen LogP contribution >= 0.6 is 0 Å². The minimum Gasteiger partial charge on any atom is -0.367 e. The molecule has 3 rings (SSSR count). The summed E-state index contributed by atoms with van der Waals surface area (Å²) in [4.78, 5) is 28.6. The number of carbonyl (C=O) groups is 2. The van der Waals surface area contributed by atoms with Gasteiger partial charge in [-0.15, -0.1) is 0 Å². The van der Waals surface area contributed by atoms with Gasteiger partial charge in [-0.25, -0.2) is 9.50 Å². The summed E-state index contributed by atoms with van der Waals surface area (Å²) in [6.07, 6.45) is 3.08. The highest BCUT2D eigenvalue weighted by molar-refractivity contribution is 5.98. The van der Waals surface area contributed by atoms with Crippen molar-refractivity contribution < 1.29 is 14.3 Å². The van der Waals surface area contributed by atoms with E-state index in [1.165, 1.54) is 6.20 Å². The number of fused-ring (bicyclic) bond motifs is 1. The molecule has 2 aromatic heterocycles. The Kier molecular flexibility index (Phi) is 4.95. The van der Waals surface area contributed by atoms with Crippen LogP contribution in [0.25, 0.3) is 5.65 Å². The van der Waals surface area contributed by atoms with E-state index in [4.69, 9.17) is 10.5 Å². The van der Waals surface area contributed by atoms with Crippen LogP contribution in [0.3, 0.4) is 0 Å². The number of aromatic nitrogens is 3. The lowest BCUT2D eigenvalue weighted by Gasteiger charge is -2.27. The van der Waals surface area contributed by atoms with Crippen molar-refractivity contribution in [3.63, 3.8) is 0 Å². The lowest BCUT2D eigenvalue weighted by Crippen LogP contribution is -2.46. The van der Waals surface area contributed by atoms with Crippen LogP contribution in [0.5, 0.6) is 0 Å². The summed E-state index contributed by atoms with van der Waals surface area (Å²) in [5.41, 5.74) is 8.05. The van der Waals surface area contributed by atoms with Crippen LogP contribution in [-0.2, 0) is 16.0 Å². The van der Waals surface area contributed by atoms with E-state index in [0.717, 1.165) is 23.4 Å². The fraction of sp³-hybridized carbons (Fsp3) is 0.600. The number of nitrogens with zero attached hydrogens (tertiary/aromatic N) is 3. The number of nitrogens with two attached hydrogens (primary N) is 1. The first-order valence-electron chi connectivity index (χ1n) is 9.54. The summed E-state index contributed by atoms with van der Waals surface area (Å²) >= 11 is 0. The Hall–Kier alpha value is -2.48. The fourth-order valence-electron chi connectivity index (χ4n) is 4.14. The van der Waals surface area contributed by atoms with Gasteiger partial charge in [0.1, 0.15) is 5.56 Å². The van der Waals surface area contributed by atoms with Crippen LogP contribution < -0.4 is 11.1 Å². The minimum atomic E-state index is -0.558. The molecule has 1 unspecified atom stereocenters. The molecule has 3 heterocycles. The van der Waals surface area contributed by atoms with Crippen LogP contribution in [0.1, 0.15) is 67.8 Å². The average molecular weight is 387 g/mol. The first kappa shape index (κ1) is 20.3. The minimum absolute atomic E-state index is 0.0171. The second-order valence-electron chi connectivity index (χ2n) is 8.71. The van der Waals surface area contributed by atoms with E-state index in [0.29, 0.717) is 24.1 Å². The Morgan fingerprint density at radius 2 is 2.00 bits per heavy atom. The summed E-state index contributed by atoms with van der Waals surface area (Å²) in [6.45, 7) is 11.9. The zero-order chi connectivity index (χ0) is 20.9. The molecule has 1 aliphatic heterocycles. The van der Waals surface area contributed by atoms with Gasteiger partial charge in [0.25, 0.3) is 5.91 Å². The fourth-order valence-corrected chi connectivity index (χ4v) is 4.14. The molecule has 0 aliphatic carbocycles. The van der Waals surface area contributed by atoms with Gasteiger partial charge in [0.05, 0.1) is 23.4 Å². The highest BCUT2D eigenvalue weighted by Crippen LogP contribution is 2.37. The van der Waals surface area contributed by atoms with Gasteiger partial charge in [-0.2, -0.15) is 5.10 Å². The number of carbonyl (C=O) groups excluding carboxylic acids is 2. The topological polar surface area (TPSA) is 112 Å². The Morgan fingerprint density at radius 3 is 2.57 bits per heavy atom. The van der Waals surface area contributed by atoms with E-state index in [1.54, 1.807) is 4.52 Å². The number of hydrogen-bond acceptors (Lipinski definition) is 5. The summed E-state index contributed by atoms with van der Waals surface area (Å²) in [5.74, 6) is -0.575. The molecule has 8 heteroatoms. The van der Waals surface area contributed by atoms with Crippen molar-refractivity contribution >= 4 is 17.5 Å². The number of rotatable bonds is 5. The predicted octanol–water partition coefficient (Wildman–Crippen LogP) is 1.84. The molecule has 0 spiro atoms. The lowest BCUT2D eigenvalue weighted by atomic mass is 9.94. The SMILES string of the molecule is Cc1nc2c(C(N)=O)cnn2c(C)c1CCC(=O)NC1CC(C)(C)OC1(C)C. The van der Waals surface area contributed by atoms with Gasteiger partial charge in [-0.3, -0.25) is 9.59 Å². The lowest BCUT2D eigenvalue weighted by molar-refractivity contribution is -0.123. The van der Waals surface area contributed by atoms with Crippen molar-refractivity contribution in [1.82, 2.24) is 19.9 Å². The van der Waals surface area contributed by atoms with Gasteiger partial charge in [0.15, 0.2) is 5.65 Å². The number of aryl methyl sites for hydroxylation is 2. The van der Waals surface area contributed by atoms with E-state index >= 15 is 0 Å². The zero-order valence-corrected chi connectivity index (χ0v) is 17.4. The summed E-state index contributed by atoms with van der Waals surface area (Å²) in [6, 6.07) is -0.0259. The van der Waals surface area contributed by atoms with E-state index in [2.05, 4.69) is 15.4 Å². The second-order valence-corrected chi connectivity index (χ2v) is 8.71. The molecule has 2 aromatic rings. The molecule has 28 heavy (non-hydrogen) atoms. The Labute approximate surface area is 164 Å². The largest absolute Gasteiger partial charge is 0.367 e. The third-order valence-corrected chi connectivity index (χ3v) is 5.49. The summed E-state index contributed by atoms with van der Waals surface area (Å²) in [5, 5.41) is 7.34. The van der Waals surface area contributed by atoms with E-state index in [-0.39, 0.29) is 17.6 Å². The molecular weight excluding hydrogens is 358 g/mol. The normalized spacial score (nSPS) is 20.4. The maximum Gasteiger partial charge on any atom is 0.254 e. The third kappa shape index (κ3) is 3.73. The molecule has 2 amide bonds. The van der Waals surface area contributed by atoms with Crippen LogP contribution in [0, 0.1) is 13.8 Å². The van der Waals surface area contributed by atoms with Crippen molar-refractivity contribution in [3.05, 3.63) is 28.7 Å². The van der Waals surface area contributed by atoms with Gasteiger partial charge in [0.2, 0.25) is 5.91 Å². The van der Waals surface area contributed by atoms with Gasteiger partial charge >= 0.3 is 0 Å². The Balaban J connectivity index is 1.73. The molecule has 0 saturated carbocycles. The number of amides is 2. The molecule has 8 nitrogen and oxygen atoms in total. The Morgan fingerprint density at radius 1 is 1.32 bits per heavy atom. The van der Waals surface area contributed by atoms with Crippen molar-refractivity contribution in [2.24, 2.45) is 5.73 Å². The summed E-state index contributed by atoms with van der Waals surface area (Å²) in [7, 11) is 0. The number of ether oxygens (including phenoxy) is 1. The van der Waals surface area contributed by atoms with Crippen molar-refractivity contribution in [2.75, 3.05) is 0 Å². The number of primary amides is 1. The van der Waals surface area contributed by atoms with E-state index < -0.39 is 11.5 Å². The van der Waals surface area contributed by atoms with E-state index in [9.17, 15) is 9.59 Å².